The van der Waals surface area contributed by atoms with Gasteiger partial charge in [0.15, 0.2) is 11.6 Å². The SMILES string of the molecule is CCc1cnc(N2CCC(COc3ccc(C4=CCC(C(=O)NC5CCCCC5)CC4)cc3F)CC2)nc1. The number of aryl methyl sites for hydroxylation is 1. The average molecular weight is 521 g/mol. The maximum atomic E-state index is 14.9. The molecule has 1 N–H and O–H groups in total. The molecular weight excluding hydrogens is 479 g/mol. The molecule has 38 heavy (non-hydrogen) atoms. The molecule has 6 nitrogen and oxygen atoms in total. The van der Waals surface area contributed by atoms with Crippen LogP contribution in [0.1, 0.15) is 82.3 Å². The standard InChI is InChI=1S/C31H41FN4O2/c1-2-22-19-33-31(34-20-22)36-16-14-23(15-17-36)21-38-29-13-12-26(18-28(29)32)24-8-10-25(11-9-24)30(37)35-27-6-4-3-5-7-27/h8,12-13,18-20,23,25,27H,2-7,9-11,14-17,21H2,1H3,(H,35,37). The smallest absolute Gasteiger partial charge is 0.225 e. The van der Waals surface area contributed by atoms with Crippen molar-refractivity contribution in [2.45, 2.75) is 83.6 Å². The number of rotatable bonds is 8. The fourth-order valence-corrected chi connectivity index (χ4v) is 5.92. The lowest BCUT2D eigenvalue weighted by atomic mass is 9.85. The maximum Gasteiger partial charge on any atom is 0.225 e. The van der Waals surface area contributed by atoms with Crippen molar-refractivity contribution in [1.82, 2.24) is 15.3 Å². The number of ether oxygens (including phenoxy) is 1. The van der Waals surface area contributed by atoms with Gasteiger partial charge in [0.25, 0.3) is 0 Å². The fourth-order valence-electron chi connectivity index (χ4n) is 5.92. The number of piperidine rings is 1. The van der Waals surface area contributed by atoms with E-state index in [9.17, 15) is 9.18 Å². The summed E-state index contributed by atoms with van der Waals surface area (Å²) in [5.74, 6) is 1.39. The first-order valence-electron chi connectivity index (χ1n) is 14.6. The van der Waals surface area contributed by atoms with Gasteiger partial charge in [-0.05, 0) is 86.1 Å². The van der Waals surface area contributed by atoms with E-state index in [1.165, 1.54) is 19.3 Å². The van der Waals surface area contributed by atoms with Gasteiger partial charge in [0.05, 0.1) is 6.61 Å². The van der Waals surface area contributed by atoms with Crippen molar-refractivity contribution in [2.75, 3.05) is 24.6 Å². The number of nitrogens with one attached hydrogen (secondary N) is 1. The zero-order valence-electron chi connectivity index (χ0n) is 22.6. The molecule has 0 bridgehead atoms. The molecule has 1 unspecified atom stereocenters. The number of nitrogens with zero attached hydrogens (tertiary/aromatic N) is 3. The Kier molecular flexibility index (Phi) is 8.92. The Hall–Kier alpha value is -2.96. The van der Waals surface area contributed by atoms with Crippen LogP contribution in [-0.4, -0.2) is 41.6 Å². The molecule has 1 atom stereocenters. The Balaban J connectivity index is 1.08. The number of anilines is 1. The molecule has 0 spiro atoms. The van der Waals surface area contributed by atoms with Crippen LogP contribution in [-0.2, 0) is 11.2 Å². The second-order valence-corrected chi connectivity index (χ2v) is 11.2. The number of halogens is 1. The molecule has 2 aliphatic carbocycles. The molecule has 1 aliphatic heterocycles. The van der Waals surface area contributed by atoms with Gasteiger partial charge >= 0.3 is 0 Å². The van der Waals surface area contributed by atoms with Crippen LogP contribution in [0.3, 0.4) is 0 Å². The van der Waals surface area contributed by atoms with E-state index in [0.29, 0.717) is 24.3 Å². The quantitative estimate of drug-likeness (QED) is 0.455. The van der Waals surface area contributed by atoms with Gasteiger partial charge in [0.1, 0.15) is 0 Å². The highest BCUT2D eigenvalue weighted by Gasteiger charge is 2.26. The minimum absolute atomic E-state index is 0.0295. The molecular formula is C31H41FN4O2. The number of allylic oxidation sites excluding steroid dienone is 2. The van der Waals surface area contributed by atoms with Gasteiger partial charge in [0.2, 0.25) is 11.9 Å². The van der Waals surface area contributed by atoms with Gasteiger partial charge in [-0.1, -0.05) is 38.3 Å². The van der Waals surface area contributed by atoms with Crippen LogP contribution in [0.5, 0.6) is 5.75 Å². The predicted molar refractivity (Wildman–Crippen MR) is 149 cm³/mol. The summed E-state index contributed by atoms with van der Waals surface area (Å²) in [6.45, 7) is 4.38. The van der Waals surface area contributed by atoms with Crippen molar-refractivity contribution in [3.63, 3.8) is 0 Å². The Morgan fingerprint density at radius 1 is 1.08 bits per heavy atom. The lowest BCUT2D eigenvalue weighted by Gasteiger charge is -2.31. The van der Waals surface area contributed by atoms with Gasteiger partial charge in [-0.15, -0.1) is 0 Å². The first-order valence-corrected chi connectivity index (χ1v) is 14.6. The molecule has 1 aromatic carbocycles. The molecule has 5 rings (SSSR count). The van der Waals surface area contributed by atoms with Crippen molar-refractivity contribution in [2.24, 2.45) is 11.8 Å². The van der Waals surface area contributed by atoms with E-state index < -0.39 is 0 Å². The molecule has 204 valence electrons. The van der Waals surface area contributed by atoms with Crippen molar-refractivity contribution in [3.05, 3.63) is 53.6 Å². The van der Waals surface area contributed by atoms with Crippen molar-refractivity contribution < 1.29 is 13.9 Å². The first kappa shape index (κ1) is 26.6. The largest absolute Gasteiger partial charge is 0.490 e. The summed E-state index contributed by atoms with van der Waals surface area (Å²) in [6, 6.07) is 5.64. The summed E-state index contributed by atoms with van der Waals surface area (Å²) in [5.41, 5.74) is 3.16. The summed E-state index contributed by atoms with van der Waals surface area (Å²) in [7, 11) is 0. The highest BCUT2D eigenvalue weighted by atomic mass is 19.1. The number of carbonyl (C=O) groups excluding carboxylic acids is 1. The number of hydrogen-bond donors (Lipinski definition) is 1. The monoisotopic (exact) mass is 520 g/mol. The summed E-state index contributed by atoms with van der Waals surface area (Å²) in [5, 5.41) is 3.26. The topological polar surface area (TPSA) is 67.4 Å². The molecule has 2 fully saturated rings. The second-order valence-electron chi connectivity index (χ2n) is 11.2. The molecule has 1 saturated carbocycles. The molecule has 2 heterocycles. The van der Waals surface area contributed by atoms with Gasteiger partial charge < -0.3 is 15.0 Å². The van der Waals surface area contributed by atoms with E-state index in [0.717, 1.165) is 87.1 Å². The van der Waals surface area contributed by atoms with Crippen LogP contribution < -0.4 is 15.0 Å². The molecule has 0 radical (unpaired) electrons. The van der Waals surface area contributed by atoms with Crippen molar-refractivity contribution in [1.29, 1.82) is 0 Å². The lowest BCUT2D eigenvalue weighted by Crippen LogP contribution is -2.40. The highest BCUT2D eigenvalue weighted by Crippen LogP contribution is 2.33. The van der Waals surface area contributed by atoms with Gasteiger partial charge in [0, 0.05) is 37.4 Å². The maximum absolute atomic E-state index is 14.9. The average Bonchev–Trinajstić information content (AvgIpc) is 2.97. The normalized spacial score (nSPS) is 21.2. The minimum Gasteiger partial charge on any atom is -0.490 e. The lowest BCUT2D eigenvalue weighted by molar-refractivity contribution is -0.126. The van der Waals surface area contributed by atoms with E-state index >= 15 is 0 Å². The van der Waals surface area contributed by atoms with Crippen LogP contribution in [0.2, 0.25) is 0 Å². The Morgan fingerprint density at radius 3 is 2.50 bits per heavy atom. The van der Waals surface area contributed by atoms with Crippen molar-refractivity contribution in [3.8, 4) is 5.75 Å². The summed E-state index contributed by atoms with van der Waals surface area (Å²) >= 11 is 0. The number of benzene rings is 1. The highest BCUT2D eigenvalue weighted by molar-refractivity contribution is 5.81. The number of hydrogen-bond acceptors (Lipinski definition) is 5. The zero-order valence-corrected chi connectivity index (χ0v) is 22.6. The third kappa shape index (κ3) is 6.72. The van der Waals surface area contributed by atoms with Crippen LogP contribution in [0, 0.1) is 17.7 Å². The summed E-state index contributed by atoms with van der Waals surface area (Å²) < 4.78 is 20.8. The third-order valence-corrected chi connectivity index (χ3v) is 8.51. The number of amides is 1. The van der Waals surface area contributed by atoms with E-state index in [1.54, 1.807) is 12.1 Å². The number of carbonyl (C=O) groups is 1. The third-order valence-electron chi connectivity index (χ3n) is 8.51. The molecule has 1 saturated heterocycles. The second kappa shape index (κ2) is 12.7. The molecule has 1 amide bonds. The van der Waals surface area contributed by atoms with Crippen LogP contribution >= 0.6 is 0 Å². The Bertz CT molecular complexity index is 1110. The molecule has 2 aromatic rings. The molecule has 1 aromatic heterocycles. The van der Waals surface area contributed by atoms with E-state index in [-0.39, 0.29) is 17.6 Å². The number of aromatic nitrogens is 2. The van der Waals surface area contributed by atoms with Crippen LogP contribution in [0.4, 0.5) is 10.3 Å². The Morgan fingerprint density at radius 2 is 1.84 bits per heavy atom. The van der Waals surface area contributed by atoms with E-state index in [2.05, 4.69) is 33.2 Å². The van der Waals surface area contributed by atoms with Crippen LogP contribution in [0.15, 0.2) is 36.7 Å². The van der Waals surface area contributed by atoms with E-state index in [1.807, 2.05) is 18.5 Å². The first-order chi connectivity index (χ1) is 18.6. The molecule has 7 heteroatoms. The predicted octanol–water partition coefficient (Wildman–Crippen LogP) is 6.11. The van der Waals surface area contributed by atoms with Crippen molar-refractivity contribution >= 4 is 17.4 Å². The fraction of sp³-hybridized carbons (Fsp3) is 0.581. The zero-order chi connectivity index (χ0) is 26.3. The van der Waals surface area contributed by atoms with Gasteiger partial charge in [-0.25, -0.2) is 14.4 Å². The Labute approximate surface area is 226 Å². The van der Waals surface area contributed by atoms with Gasteiger partial charge in [-0.2, -0.15) is 0 Å². The summed E-state index contributed by atoms with van der Waals surface area (Å²) in [6.07, 6.45) is 17.1. The van der Waals surface area contributed by atoms with E-state index in [4.69, 9.17) is 4.74 Å². The minimum atomic E-state index is -0.317. The molecule has 3 aliphatic rings. The summed E-state index contributed by atoms with van der Waals surface area (Å²) in [4.78, 5) is 23.9. The van der Waals surface area contributed by atoms with Crippen LogP contribution in [0.25, 0.3) is 5.57 Å². The van der Waals surface area contributed by atoms with Gasteiger partial charge in [-0.3, -0.25) is 4.79 Å².